The van der Waals surface area contributed by atoms with Crippen molar-refractivity contribution in [3.8, 4) is 0 Å². The van der Waals surface area contributed by atoms with Crippen molar-refractivity contribution in [1.82, 2.24) is 0 Å². The van der Waals surface area contributed by atoms with Gasteiger partial charge in [0, 0.05) is 16.7 Å². The average Bonchev–Trinajstić information content (AvgIpc) is 2.80. The van der Waals surface area contributed by atoms with Gasteiger partial charge in [0.25, 0.3) is 0 Å². The number of carbonyl (C=O) groups excluding carboxylic acids is 1. The van der Waals surface area contributed by atoms with Gasteiger partial charge >= 0.3 is 5.97 Å². The number of ether oxygens (including phenoxy) is 1. The summed E-state index contributed by atoms with van der Waals surface area (Å²) in [7, 11) is 0. The summed E-state index contributed by atoms with van der Waals surface area (Å²) in [4.78, 5) is 12.9. The standard InChI is InChI=1S/C23H14F6O4/c24-16-6-14(7-17(25)20(16)28)23(32,15-8-18(26)21(29)19(27)9-15)22(31)33-11-13(10-30)12-4-2-1-3-5-12/h1-10,30,32H,11H2. The van der Waals surface area contributed by atoms with Crippen molar-refractivity contribution in [2.75, 3.05) is 6.61 Å². The molecule has 0 unspecified atom stereocenters. The summed E-state index contributed by atoms with van der Waals surface area (Å²) in [5, 5.41) is 20.5. The number of halogens is 6. The maximum Gasteiger partial charge on any atom is 0.348 e. The zero-order valence-corrected chi connectivity index (χ0v) is 16.5. The van der Waals surface area contributed by atoms with Crippen LogP contribution in [0.15, 0.2) is 60.9 Å². The van der Waals surface area contributed by atoms with Gasteiger partial charge in [0.2, 0.25) is 5.60 Å². The molecule has 2 N–H and O–H groups in total. The minimum Gasteiger partial charge on any atom is -0.515 e. The summed E-state index contributed by atoms with van der Waals surface area (Å²) in [5.41, 5.74) is -4.83. The third-order valence-electron chi connectivity index (χ3n) is 4.76. The Morgan fingerprint density at radius 1 is 0.818 bits per heavy atom. The third-order valence-corrected chi connectivity index (χ3v) is 4.76. The van der Waals surface area contributed by atoms with Crippen LogP contribution in [0.25, 0.3) is 5.57 Å². The van der Waals surface area contributed by atoms with Crippen LogP contribution in [0.3, 0.4) is 0 Å². The average molecular weight is 468 g/mol. The molecule has 4 nitrogen and oxygen atoms in total. The quantitative estimate of drug-likeness (QED) is 0.234. The Balaban J connectivity index is 2.08. The zero-order chi connectivity index (χ0) is 24.3. The molecule has 0 aromatic heterocycles. The fraction of sp³-hybridized carbons (Fsp3) is 0.0870. The molecule has 0 aliphatic heterocycles. The Kier molecular flexibility index (Phi) is 6.78. The van der Waals surface area contributed by atoms with Crippen molar-refractivity contribution in [3.05, 3.63) is 112 Å². The van der Waals surface area contributed by atoms with E-state index in [2.05, 4.69) is 0 Å². The first-order chi connectivity index (χ1) is 15.6. The molecule has 0 bridgehead atoms. The van der Waals surface area contributed by atoms with E-state index >= 15 is 0 Å². The molecule has 0 aliphatic rings. The van der Waals surface area contributed by atoms with Gasteiger partial charge in [-0.15, -0.1) is 0 Å². The summed E-state index contributed by atoms with van der Waals surface area (Å²) in [6.45, 7) is -0.694. The molecule has 3 rings (SSSR count). The van der Waals surface area contributed by atoms with E-state index in [-0.39, 0.29) is 29.8 Å². The van der Waals surface area contributed by atoms with Crippen molar-refractivity contribution in [2.45, 2.75) is 5.60 Å². The van der Waals surface area contributed by atoms with Gasteiger partial charge in [-0.2, -0.15) is 0 Å². The second kappa shape index (κ2) is 9.37. The number of rotatable bonds is 6. The molecule has 0 saturated heterocycles. The van der Waals surface area contributed by atoms with E-state index in [1.807, 2.05) is 0 Å². The summed E-state index contributed by atoms with van der Waals surface area (Å²) in [5.74, 6) is -12.8. The van der Waals surface area contributed by atoms with Gasteiger partial charge in [0.15, 0.2) is 34.9 Å². The first-order valence-electron chi connectivity index (χ1n) is 9.17. The van der Waals surface area contributed by atoms with Crippen LogP contribution < -0.4 is 0 Å². The number of aliphatic hydroxyl groups excluding tert-OH is 1. The molecule has 33 heavy (non-hydrogen) atoms. The SMILES string of the molecule is O=C(OCC(=CO)c1ccccc1)C(O)(c1cc(F)c(F)c(F)c1)c1cc(F)c(F)c(F)c1. The number of esters is 1. The predicted octanol–water partition coefficient (Wildman–Crippen LogP) is 4.90. The molecule has 0 radical (unpaired) electrons. The summed E-state index contributed by atoms with van der Waals surface area (Å²) in [6, 6.07) is 8.83. The lowest BCUT2D eigenvalue weighted by atomic mass is 9.85. The molecule has 0 atom stereocenters. The van der Waals surface area contributed by atoms with E-state index in [0.717, 1.165) is 0 Å². The Morgan fingerprint density at radius 3 is 1.64 bits per heavy atom. The topological polar surface area (TPSA) is 66.8 Å². The Morgan fingerprint density at radius 2 is 1.24 bits per heavy atom. The summed E-state index contributed by atoms with van der Waals surface area (Å²) >= 11 is 0. The summed E-state index contributed by atoms with van der Waals surface area (Å²) in [6.07, 6.45) is 0.593. The fourth-order valence-electron chi connectivity index (χ4n) is 3.03. The van der Waals surface area contributed by atoms with Crippen molar-refractivity contribution in [3.63, 3.8) is 0 Å². The lowest BCUT2D eigenvalue weighted by Gasteiger charge is -2.27. The molecular weight excluding hydrogens is 454 g/mol. The van der Waals surface area contributed by atoms with Gasteiger partial charge in [0.05, 0.1) is 6.26 Å². The number of benzene rings is 3. The van der Waals surface area contributed by atoms with Crippen LogP contribution in [0.1, 0.15) is 16.7 Å². The van der Waals surface area contributed by atoms with Crippen molar-refractivity contribution < 1.29 is 46.1 Å². The molecule has 10 heteroatoms. The molecule has 0 fully saturated rings. The Hall–Kier alpha value is -3.79. The Labute approximate surface area is 183 Å². The Bertz CT molecular complexity index is 1120. The van der Waals surface area contributed by atoms with Crippen molar-refractivity contribution >= 4 is 11.5 Å². The van der Waals surface area contributed by atoms with E-state index in [0.29, 0.717) is 11.8 Å². The highest BCUT2D eigenvalue weighted by molar-refractivity contribution is 5.86. The number of hydrogen-bond donors (Lipinski definition) is 2. The van der Waals surface area contributed by atoms with Crippen LogP contribution in [0.2, 0.25) is 0 Å². The lowest BCUT2D eigenvalue weighted by molar-refractivity contribution is -0.160. The fourth-order valence-corrected chi connectivity index (χ4v) is 3.03. The van der Waals surface area contributed by atoms with Crippen LogP contribution >= 0.6 is 0 Å². The first kappa shape index (κ1) is 23.9. The normalized spacial score (nSPS) is 12.0. The van der Waals surface area contributed by atoms with Gasteiger partial charge in [-0.1, -0.05) is 30.3 Å². The van der Waals surface area contributed by atoms with Gasteiger partial charge in [-0.3, -0.25) is 0 Å². The molecule has 0 saturated carbocycles. The van der Waals surface area contributed by atoms with Crippen LogP contribution in [0, 0.1) is 34.9 Å². The van der Waals surface area contributed by atoms with Gasteiger partial charge < -0.3 is 14.9 Å². The number of carbonyl (C=O) groups is 1. The molecule has 0 amide bonds. The van der Waals surface area contributed by atoms with Gasteiger partial charge in [-0.25, -0.2) is 31.1 Å². The predicted molar refractivity (Wildman–Crippen MR) is 104 cm³/mol. The second-order valence-electron chi connectivity index (χ2n) is 6.81. The van der Waals surface area contributed by atoms with Crippen LogP contribution in [0.5, 0.6) is 0 Å². The first-order valence-corrected chi connectivity index (χ1v) is 9.17. The van der Waals surface area contributed by atoms with Crippen LogP contribution in [0.4, 0.5) is 26.3 Å². The maximum atomic E-state index is 13.8. The van der Waals surface area contributed by atoms with Crippen molar-refractivity contribution in [2.24, 2.45) is 0 Å². The number of hydrogen-bond acceptors (Lipinski definition) is 4. The van der Waals surface area contributed by atoms with E-state index in [4.69, 9.17) is 4.74 Å². The molecule has 3 aromatic rings. The molecule has 0 heterocycles. The molecular formula is C23H14F6O4. The van der Waals surface area contributed by atoms with Gasteiger partial charge in [0.1, 0.15) is 6.61 Å². The lowest BCUT2D eigenvalue weighted by Crippen LogP contribution is -2.39. The molecule has 3 aromatic carbocycles. The van der Waals surface area contributed by atoms with E-state index < -0.39 is 64.2 Å². The van der Waals surface area contributed by atoms with E-state index in [1.165, 1.54) is 12.1 Å². The summed E-state index contributed by atoms with van der Waals surface area (Å²) < 4.78 is 87.1. The smallest absolute Gasteiger partial charge is 0.348 e. The second-order valence-corrected chi connectivity index (χ2v) is 6.81. The minimum atomic E-state index is -3.29. The van der Waals surface area contributed by atoms with E-state index in [9.17, 15) is 41.4 Å². The molecule has 0 spiro atoms. The van der Waals surface area contributed by atoms with Gasteiger partial charge in [-0.05, 0) is 29.8 Å². The largest absolute Gasteiger partial charge is 0.515 e. The van der Waals surface area contributed by atoms with Crippen molar-refractivity contribution in [1.29, 1.82) is 0 Å². The van der Waals surface area contributed by atoms with Crippen LogP contribution in [-0.4, -0.2) is 22.8 Å². The molecule has 0 aliphatic carbocycles. The highest BCUT2D eigenvalue weighted by atomic mass is 19.2. The zero-order valence-electron chi connectivity index (χ0n) is 16.5. The highest BCUT2D eigenvalue weighted by Gasteiger charge is 2.44. The highest BCUT2D eigenvalue weighted by Crippen LogP contribution is 2.35. The van der Waals surface area contributed by atoms with E-state index in [1.54, 1.807) is 18.2 Å². The maximum absolute atomic E-state index is 13.8. The molecule has 172 valence electrons. The third kappa shape index (κ3) is 4.56. The number of aliphatic hydroxyl groups is 2. The van der Waals surface area contributed by atoms with Crippen LogP contribution in [-0.2, 0) is 15.1 Å². The monoisotopic (exact) mass is 468 g/mol. The minimum absolute atomic E-state index is 0.0271.